The van der Waals surface area contributed by atoms with E-state index in [-0.39, 0.29) is 30.3 Å². The van der Waals surface area contributed by atoms with E-state index in [4.69, 9.17) is 16.3 Å². The molecule has 0 saturated carbocycles. The van der Waals surface area contributed by atoms with E-state index in [0.717, 1.165) is 0 Å². The summed E-state index contributed by atoms with van der Waals surface area (Å²) in [5, 5.41) is 10.4. The van der Waals surface area contributed by atoms with Crippen LogP contribution in [0.2, 0.25) is 5.02 Å². The normalized spacial score (nSPS) is 12.2. The topological polar surface area (TPSA) is 97.4 Å². The van der Waals surface area contributed by atoms with E-state index in [9.17, 15) is 19.5 Å². The third-order valence-corrected chi connectivity index (χ3v) is 6.75. The molecule has 0 aliphatic carbocycles. The molecule has 206 valence electrons. The Morgan fingerprint density at radius 3 is 2.33 bits per heavy atom. The van der Waals surface area contributed by atoms with Gasteiger partial charge in [-0.2, -0.15) is 0 Å². The molecule has 0 unspecified atom stereocenters. The molecule has 7 nitrogen and oxygen atoms in total. The number of carboxylic acids is 1. The summed E-state index contributed by atoms with van der Waals surface area (Å²) in [5.74, 6) is -1.14. The van der Waals surface area contributed by atoms with E-state index in [0.29, 0.717) is 38.7 Å². The highest BCUT2D eigenvalue weighted by Gasteiger charge is 2.37. The van der Waals surface area contributed by atoms with E-state index in [1.807, 2.05) is 6.26 Å². The molecular formula is C30H33ClN2O5S. The van der Waals surface area contributed by atoms with Gasteiger partial charge >= 0.3 is 5.97 Å². The van der Waals surface area contributed by atoms with Gasteiger partial charge in [-0.3, -0.25) is 19.4 Å². The molecule has 2 aromatic heterocycles. The highest BCUT2D eigenvalue weighted by atomic mass is 35.5. The Kier molecular flexibility index (Phi) is 9.13. The number of aliphatic carboxylic acids is 1. The third-order valence-electron chi connectivity index (χ3n) is 6.18. The molecule has 3 rings (SSSR count). The second kappa shape index (κ2) is 11.8. The van der Waals surface area contributed by atoms with Crippen LogP contribution in [0, 0.1) is 10.8 Å². The molecule has 3 aromatic rings. The highest BCUT2D eigenvalue weighted by molar-refractivity contribution is 8.11. The van der Waals surface area contributed by atoms with Crippen molar-refractivity contribution in [1.82, 2.24) is 4.40 Å². The van der Waals surface area contributed by atoms with E-state index in [1.54, 1.807) is 87.2 Å². The van der Waals surface area contributed by atoms with Crippen LogP contribution in [0.1, 0.15) is 66.6 Å². The lowest BCUT2D eigenvalue weighted by atomic mass is 9.79. The summed E-state index contributed by atoms with van der Waals surface area (Å²) in [6.45, 7) is 12.5. The van der Waals surface area contributed by atoms with Crippen molar-refractivity contribution in [2.45, 2.75) is 41.0 Å². The van der Waals surface area contributed by atoms with E-state index < -0.39 is 16.8 Å². The first kappa shape index (κ1) is 30.2. The van der Waals surface area contributed by atoms with Gasteiger partial charge in [0.2, 0.25) is 5.78 Å². The lowest BCUT2D eigenvalue weighted by Crippen LogP contribution is -2.29. The zero-order valence-electron chi connectivity index (χ0n) is 23.0. The fourth-order valence-corrected chi connectivity index (χ4v) is 4.39. The van der Waals surface area contributed by atoms with Crippen LogP contribution in [0.4, 0.5) is 0 Å². The number of thioether (sulfide) groups is 1. The Labute approximate surface area is 237 Å². The van der Waals surface area contributed by atoms with Crippen LogP contribution in [-0.4, -0.2) is 45.5 Å². The summed E-state index contributed by atoms with van der Waals surface area (Å²) in [6.07, 6.45) is 3.52. The summed E-state index contributed by atoms with van der Waals surface area (Å²) >= 11 is 7.49. The maximum absolute atomic E-state index is 14.0. The van der Waals surface area contributed by atoms with Gasteiger partial charge in [-0.15, -0.1) is 11.8 Å². The number of carboxylic acid groups (broad SMARTS) is 1. The first-order valence-corrected chi connectivity index (χ1v) is 13.9. The van der Waals surface area contributed by atoms with Gasteiger partial charge in [0.25, 0.3) is 0 Å². The average Bonchev–Trinajstić information content (AvgIpc) is 3.16. The molecular weight excluding hydrogens is 536 g/mol. The Morgan fingerprint density at radius 1 is 1.13 bits per heavy atom. The molecule has 1 aromatic carbocycles. The zero-order chi connectivity index (χ0) is 29.1. The van der Waals surface area contributed by atoms with E-state index in [1.165, 1.54) is 11.8 Å². The fraction of sp³-hybridized carbons (Fsp3) is 0.333. The number of ketones is 2. The SMILES string of the molecule is C=C(COc1ccn2c(C(=O)c3ccc(Cl)cc3)c(CC(C)(C)C(=O)O)c(C(=O)C(C)(C)C)c2c1)/N=C\SC. The predicted molar refractivity (Wildman–Crippen MR) is 158 cm³/mol. The number of carbonyl (C=O) groups is 3. The van der Waals surface area contributed by atoms with Gasteiger partial charge in [0, 0.05) is 33.8 Å². The number of pyridine rings is 1. The second-order valence-electron chi connectivity index (χ2n) is 10.9. The quantitative estimate of drug-likeness (QED) is 0.152. The standard InChI is InChI=1S/C30H33ClN2O5S/c1-18(32-17-39-7)16-38-21-12-13-33-23(14-21)24(27(35)29(2,3)4)22(15-30(5,6)28(36)37)25(33)26(34)19-8-10-20(31)11-9-19/h8-14,17H,1,15-16H2,2-7H3,(H,36,37)/b32-17-. The van der Waals surface area contributed by atoms with Crippen LogP contribution < -0.4 is 4.74 Å². The number of ether oxygens (including phenoxy) is 1. The number of aromatic nitrogens is 1. The summed E-state index contributed by atoms with van der Waals surface area (Å²) in [4.78, 5) is 44.2. The number of fused-ring (bicyclic) bond motifs is 1. The van der Waals surface area contributed by atoms with Gasteiger partial charge in [-0.25, -0.2) is 0 Å². The second-order valence-corrected chi connectivity index (χ2v) is 12.0. The molecule has 0 spiro atoms. The minimum Gasteiger partial charge on any atom is -0.487 e. The number of Topliss-reactive ketones (excluding diaryl/α,β-unsaturated/α-hetero) is 1. The van der Waals surface area contributed by atoms with Crippen LogP contribution in [-0.2, 0) is 11.2 Å². The van der Waals surface area contributed by atoms with Crippen molar-refractivity contribution < 1.29 is 24.2 Å². The van der Waals surface area contributed by atoms with Crippen LogP contribution in [0.5, 0.6) is 5.75 Å². The zero-order valence-corrected chi connectivity index (χ0v) is 24.6. The Morgan fingerprint density at radius 2 is 1.77 bits per heavy atom. The molecule has 0 amide bonds. The van der Waals surface area contributed by atoms with Crippen LogP contribution in [0.15, 0.2) is 59.9 Å². The van der Waals surface area contributed by atoms with Gasteiger partial charge in [0.1, 0.15) is 12.4 Å². The largest absolute Gasteiger partial charge is 0.487 e. The van der Waals surface area contributed by atoms with Gasteiger partial charge < -0.3 is 14.2 Å². The van der Waals surface area contributed by atoms with Crippen LogP contribution in [0.25, 0.3) is 5.52 Å². The predicted octanol–water partition coefficient (Wildman–Crippen LogP) is 6.99. The third kappa shape index (κ3) is 6.81. The fourth-order valence-electron chi connectivity index (χ4n) is 4.01. The molecule has 39 heavy (non-hydrogen) atoms. The average molecular weight is 569 g/mol. The first-order chi connectivity index (χ1) is 18.2. The molecule has 9 heteroatoms. The van der Waals surface area contributed by atoms with Gasteiger partial charge in [0.15, 0.2) is 5.78 Å². The van der Waals surface area contributed by atoms with E-state index in [2.05, 4.69) is 11.6 Å². The number of benzene rings is 1. The smallest absolute Gasteiger partial charge is 0.309 e. The van der Waals surface area contributed by atoms with Crippen molar-refractivity contribution in [1.29, 1.82) is 0 Å². The summed E-state index contributed by atoms with van der Waals surface area (Å²) in [5.41, 5.74) is 1.87. The number of carbonyl (C=O) groups excluding carboxylic acids is 2. The molecule has 0 atom stereocenters. The minimum absolute atomic E-state index is 0.0355. The number of hydrogen-bond donors (Lipinski definition) is 1. The molecule has 0 aliphatic rings. The van der Waals surface area contributed by atoms with Gasteiger partial charge in [-0.05, 0) is 62.4 Å². The first-order valence-electron chi connectivity index (χ1n) is 12.3. The van der Waals surface area contributed by atoms with Gasteiger partial charge in [-0.1, -0.05) is 39.0 Å². The van der Waals surface area contributed by atoms with E-state index >= 15 is 0 Å². The number of hydrogen-bond acceptors (Lipinski definition) is 6. The minimum atomic E-state index is -1.25. The molecule has 2 heterocycles. The molecule has 0 bridgehead atoms. The molecule has 0 radical (unpaired) electrons. The monoisotopic (exact) mass is 568 g/mol. The highest BCUT2D eigenvalue weighted by Crippen LogP contribution is 2.37. The molecule has 1 N–H and O–H groups in total. The Hall–Kier alpha value is -3.36. The number of aliphatic imine (C=N–C) groups is 1. The molecule has 0 saturated heterocycles. The van der Waals surface area contributed by atoms with Crippen molar-refractivity contribution in [3.63, 3.8) is 0 Å². The summed E-state index contributed by atoms with van der Waals surface area (Å²) < 4.78 is 7.55. The number of halogens is 1. The van der Waals surface area contributed by atoms with Gasteiger partial charge in [0.05, 0.1) is 27.9 Å². The lowest BCUT2D eigenvalue weighted by molar-refractivity contribution is -0.146. The number of rotatable bonds is 11. The van der Waals surface area contributed by atoms with Crippen molar-refractivity contribution in [2.24, 2.45) is 15.8 Å². The van der Waals surface area contributed by atoms with Crippen molar-refractivity contribution in [2.75, 3.05) is 12.9 Å². The Bertz CT molecular complexity index is 1460. The van der Waals surface area contributed by atoms with Crippen molar-refractivity contribution in [3.8, 4) is 5.75 Å². The lowest BCUT2D eigenvalue weighted by Gasteiger charge is -2.22. The van der Waals surface area contributed by atoms with Crippen molar-refractivity contribution >= 4 is 52.0 Å². The summed E-state index contributed by atoms with van der Waals surface area (Å²) in [7, 11) is 0. The maximum Gasteiger partial charge on any atom is 0.309 e. The maximum atomic E-state index is 14.0. The molecule has 0 aliphatic heterocycles. The number of nitrogens with zero attached hydrogens (tertiary/aromatic N) is 2. The molecule has 0 fully saturated rings. The van der Waals surface area contributed by atoms with Crippen molar-refractivity contribution in [3.05, 3.63) is 82.3 Å². The van der Waals surface area contributed by atoms with Crippen LogP contribution >= 0.6 is 23.4 Å². The summed E-state index contributed by atoms with van der Waals surface area (Å²) in [6, 6.07) is 9.84. The van der Waals surface area contributed by atoms with Crippen LogP contribution in [0.3, 0.4) is 0 Å². The Balaban J connectivity index is 2.31.